The van der Waals surface area contributed by atoms with Crippen molar-refractivity contribution in [1.29, 1.82) is 0 Å². The van der Waals surface area contributed by atoms with E-state index in [4.69, 9.17) is 0 Å². The lowest BCUT2D eigenvalue weighted by molar-refractivity contribution is -0.154. The number of halogens is 1. The molecule has 0 atom stereocenters. The molecule has 0 spiro atoms. The highest BCUT2D eigenvalue weighted by atomic mass is 79.9. The number of Topliss-reactive ketones (excluding diaryl/α,β-unsaturated/α-hetero) is 2. The van der Waals surface area contributed by atoms with E-state index in [9.17, 15) is 14.4 Å². The average Bonchev–Trinajstić information content (AvgIpc) is 2.04. The Balaban J connectivity index is 3.87. The number of rotatable bonds is 5. The van der Waals surface area contributed by atoms with Crippen LogP contribution in [0.4, 0.5) is 0 Å². The van der Waals surface area contributed by atoms with Crippen molar-refractivity contribution in [1.82, 2.24) is 0 Å². The fourth-order valence-electron chi connectivity index (χ4n) is 0.510. The Morgan fingerprint density at radius 2 is 1.92 bits per heavy atom. The third-order valence-corrected chi connectivity index (χ3v) is 1.64. The zero-order chi connectivity index (χ0) is 9.56. The number of carbonyl (C=O) groups is 3. The van der Waals surface area contributed by atoms with Crippen molar-refractivity contribution >= 4 is 33.5 Å². The molecule has 0 rings (SSSR count). The maximum Gasteiger partial charge on any atom is 0.375 e. The molecule has 5 heteroatoms. The van der Waals surface area contributed by atoms with Gasteiger partial charge in [-0.3, -0.25) is 9.59 Å². The van der Waals surface area contributed by atoms with E-state index < -0.39 is 11.8 Å². The van der Waals surface area contributed by atoms with Gasteiger partial charge in [-0.15, -0.1) is 0 Å². The fraction of sp³-hybridized carbons (Fsp3) is 0.571. The van der Waals surface area contributed by atoms with Gasteiger partial charge in [0.2, 0.25) is 5.78 Å². The first-order valence-corrected chi connectivity index (χ1v) is 4.51. The first-order chi connectivity index (χ1) is 5.61. The van der Waals surface area contributed by atoms with Crippen molar-refractivity contribution in [2.24, 2.45) is 0 Å². The van der Waals surface area contributed by atoms with Gasteiger partial charge >= 0.3 is 5.97 Å². The molecule has 4 nitrogen and oxygen atoms in total. The predicted molar refractivity (Wildman–Crippen MR) is 45.1 cm³/mol. The normalized spacial score (nSPS) is 9.17. The first kappa shape index (κ1) is 11.3. The van der Waals surface area contributed by atoms with Gasteiger partial charge in [-0.25, -0.2) is 4.79 Å². The Hall–Kier alpha value is -0.710. The van der Waals surface area contributed by atoms with Crippen LogP contribution < -0.4 is 0 Å². The summed E-state index contributed by atoms with van der Waals surface area (Å²) in [6.07, 6.45) is -0.385. The smallest absolute Gasteiger partial charge is 0.375 e. The molecule has 0 heterocycles. The van der Waals surface area contributed by atoms with Crippen LogP contribution in [0.5, 0.6) is 0 Å². The summed E-state index contributed by atoms with van der Waals surface area (Å²) in [5, 5.41) is 0.0815. The van der Waals surface area contributed by atoms with Crippen LogP contribution in [0, 0.1) is 0 Å². The Labute approximate surface area is 78.4 Å². The van der Waals surface area contributed by atoms with Gasteiger partial charge in [0.15, 0.2) is 5.78 Å². The highest BCUT2D eigenvalue weighted by Crippen LogP contribution is 1.93. The van der Waals surface area contributed by atoms with E-state index in [0.29, 0.717) is 0 Å². The van der Waals surface area contributed by atoms with Crippen LogP contribution in [0.2, 0.25) is 0 Å². The van der Waals surface area contributed by atoms with Crippen molar-refractivity contribution < 1.29 is 19.1 Å². The maximum absolute atomic E-state index is 10.8. The molecule has 0 saturated carbocycles. The Kier molecular flexibility index (Phi) is 5.53. The molecule has 68 valence electrons. The van der Waals surface area contributed by atoms with Crippen molar-refractivity contribution in [3.8, 4) is 0 Å². The average molecular weight is 237 g/mol. The van der Waals surface area contributed by atoms with Crippen LogP contribution in [-0.4, -0.2) is 29.5 Å². The molecule has 12 heavy (non-hydrogen) atoms. The lowest BCUT2D eigenvalue weighted by Crippen LogP contribution is -2.20. The van der Waals surface area contributed by atoms with Crippen molar-refractivity contribution in [3.05, 3.63) is 0 Å². The number of esters is 1. The number of ether oxygens (including phenoxy) is 1. The Morgan fingerprint density at radius 1 is 1.33 bits per heavy atom. The quantitative estimate of drug-likeness (QED) is 0.302. The molecule has 0 bridgehead atoms. The van der Waals surface area contributed by atoms with Crippen LogP contribution in [0.3, 0.4) is 0 Å². The molecule has 0 aromatic carbocycles. The zero-order valence-electron chi connectivity index (χ0n) is 6.63. The zero-order valence-corrected chi connectivity index (χ0v) is 8.22. The van der Waals surface area contributed by atoms with Crippen LogP contribution in [0.25, 0.3) is 0 Å². The summed E-state index contributed by atoms with van der Waals surface area (Å²) in [6, 6.07) is 0. The third-order valence-electron chi connectivity index (χ3n) is 1.01. The van der Waals surface area contributed by atoms with Crippen molar-refractivity contribution in [3.63, 3.8) is 0 Å². The molecule has 0 unspecified atom stereocenters. The van der Waals surface area contributed by atoms with Crippen LogP contribution >= 0.6 is 15.9 Å². The second-order valence-corrected chi connectivity index (χ2v) is 2.55. The molecule has 0 fully saturated rings. The molecular formula is C7H9BrO4. The minimum absolute atomic E-state index is 0.0815. The van der Waals surface area contributed by atoms with Crippen molar-refractivity contribution in [2.45, 2.75) is 13.3 Å². The van der Waals surface area contributed by atoms with E-state index in [-0.39, 0.29) is 24.1 Å². The second kappa shape index (κ2) is 5.88. The van der Waals surface area contributed by atoms with Gasteiger partial charge in [-0.1, -0.05) is 15.9 Å². The predicted octanol–water partition coefficient (Wildman–Crippen LogP) is 0.473. The van der Waals surface area contributed by atoms with E-state index in [0.717, 1.165) is 0 Å². The summed E-state index contributed by atoms with van der Waals surface area (Å²) < 4.78 is 4.39. The fourth-order valence-corrected chi connectivity index (χ4v) is 0.708. The summed E-state index contributed by atoms with van der Waals surface area (Å²) in [5.41, 5.74) is 0. The monoisotopic (exact) mass is 236 g/mol. The SMILES string of the molecule is CCOC(=O)C(=O)CC(=O)CBr. The molecule has 0 saturated heterocycles. The standard InChI is InChI=1S/C7H9BrO4/c1-2-12-7(11)6(10)3-5(9)4-8/h2-4H2,1H3. The van der Waals surface area contributed by atoms with Gasteiger partial charge in [0, 0.05) is 0 Å². The molecule has 0 aliphatic rings. The van der Waals surface area contributed by atoms with Crippen LogP contribution in [0.1, 0.15) is 13.3 Å². The summed E-state index contributed by atoms with van der Waals surface area (Å²) in [5.74, 6) is -2.05. The van der Waals surface area contributed by atoms with Crippen LogP contribution in [0.15, 0.2) is 0 Å². The molecule has 0 aliphatic carbocycles. The van der Waals surface area contributed by atoms with Crippen LogP contribution in [-0.2, 0) is 19.1 Å². The van der Waals surface area contributed by atoms with E-state index in [1.165, 1.54) is 0 Å². The third kappa shape index (κ3) is 4.23. The van der Waals surface area contributed by atoms with Gasteiger partial charge in [0.1, 0.15) is 0 Å². The summed E-state index contributed by atoms with van der Waals surface area (Å²) in [7, 11) is 0. The van der Waals surface area contributed by atoms with Gasteiger partial charge < -0.3 is 4.74 Å². The number of hydrogen-bond donors (Lipinski definition) is 0. The molecule has 0 aliphatic heterocycles. The Bertz CT molecular complexity index is 200. The number of hydrogen-bond acceptors (Lipinski definition) is 4. The summed E-state index contributed by atoms with van der Waals surface area (Å²) >= 11 is 2.88. The van der Waals surface area contributed by atoms with Crippen molar-refractivity contribution in [2.75, 3.05) is 11.9 Å². The van der Waals surface area contributed by atoms with Gasteiger partial charge in [-0.2, -0.15) is 0 Å². The van der Waals surface area contributed by atoms with E-state index in [2.05, 4.69) is 20.7 Å². The number of alkyl halides is 1. The number of carbonyl (C=O) groups excluding carboxylic acids is 3. The lowest BCUT2D eigenvalue weighted by Gasteiger charge is -1.98. The first-order valence-electron chi connectivity index (χ1n) is 3.39. The minimum atomic E-state index is -0.938. The largest absolute Gasteiger partial charge is 0.460 e. The molecule has 0 aromatic heterocycles. The highest BCUT2D eigenvalue weighted by Gasteiger charge is 2.17. The topological polar surface area (TPSA) is 60.4 Å². The van der Waals surface area contributed by atoms with Gasteiger partial charge in [0.25, 0.3) is 0 Å². The van der Waals surface area contributed by atoms with E-state index in [1.54, 1.807) is 6.92 Å². The van der Waals surface area contributed by atoms with Gasteiger partial charge in [-0.05, 0) is 6.92 Å². The second-order valence-electron chi connectivity index (χ2n) is 1.99. The summed E-state index contributed by atoms with van der Waals surface area (Å²) in [4.78, 5) is 32.1. The number of ketones is 2. The molecule has 0 N–H and O–H groups in total. The summed E-state index contributed by atoms with van der Waals surface area (Å²) in [6.45, 7) is 1.74. The maximum atomic E-state index is 10.8. The lowest BCUT2D eigenvalue weighted by atomic mass is 10.2. The van der Waals surface area contributed by atoms with E-state index >= 15 is 0 Å². The molecule has 0 aromatic rings. The highest BCUT2D eigenvalue weighted by molar-refractivity contribution is 9.09. The molecular weight excluding hydrogens is 228 g/mol. The van der Waals surface area contributed by atoms with E-state index in [1.807, 2.05) is 0 Å². The molecule has 0 radical (unpaired) electrons. The van der Waals surface area contributed by atoms with Gasteiger partial charge in [0.05, 0.1) is 18.4 Å². The Morgan fingerprint density at radius 3 is 2.33 bits per heavy atom. The minimum Gasteiger partial charge on any atom is -0.460 e. The molecule has 0 amide bonds.